The highest BCUT2D eigenvalue weighted by Crippen LogP contribution is 2.15. The van der Waals surface area contributed by atoms with Gasteiger partial charge in [-0.25, -0.2) is 4.98 Å². The van der Waals surface area contributed by atoms with E-state index in [-0.39, 0.29) is 5.56 Å². The fraction of sp³-hybridized carbons (Fsp3) is 0.643. The van der Waals surface area contributed by atoms with E-state index in [1.807, 2.05) is 6.92 Å². The molecule has 0 aromatic carbocycles. The van der Waals surface area contributed by atoms with Crippen molar-refractivity contribution in [2.75, 3.05) is 13.1 Å². The van der Waals surface area contributed by atoms with Crippen LogP contribution in [-0.2, 0) is 13.0 Å². The van der Waals surface area contributed by atoms with Crippen LogP contribution in [0.2, 0.25) is 0 Å². The van der Waals surface area contributed by atoms with Gasteiger partial charge < -0.3 is 5.32 Å². The quantitative estimate of drug-likeness (QED) is 0.913. The van der Waals surface area contributed by atoms with Crippen LogP contribution in [0.4, 0.5) is 0 Å². The number of nitrogens with one attached hydrogen (secondary N) is 1. The van der Waals surface area contributed by atoms with E-state index in [1.54, 1.807) is 6.07 Å². The van der Waals surface area contributed by atoms with Crippen LogP contribution in [0.3, 0.4) is 0 Å². The molecule has 7 heteroatoms. The molecular weight excluding hydrogens is 286 g/mol. The molecule has 1 fully saturated rings. The molecule has 6 nitrogen and oxygen atoms in total. The summed E-state index contributed by atoms with van der Waals surface area (Å²) in [6, 6.07) is 2.51. The predicted molar refractivity (Wildman–Crippen MR) is 83.8 cm³/mol. The summed E-state index contributed by atoms with van der Waals surface area (Å²) < 4.78 is 1.41. The maximum absolute atomic E-state index is 12.2. The number of hydrogen-bond donors (Lipinski definition) is 1. The second-order valence-electron chi connectivity index (χ2n) is 5.66. The number of aromatic nitrogens is 3. The van der Waals surface area contributed by atoms with Gasteiger partial charge in [0.15, 0.2) is 0 Å². The van der Waals surface area contributed by atoms with E-state index < -0.39 is 0 Å². The van der Waals surface area contributed by atoms with E-state index in [4.69, 9.17) is 0 Å². The Kier molecular flexibility index (Phi) is 4.05. The molecule has 0 saturated carbocycles. The van der Waals surface area contributed by atoms with Gasteiger partial charge in [-0.15, -0.1) is 0 Å². The first-order valence-electron chi connectivity index (χ1n) is 7.43. The van der Waals surface area contributed by atoms with Crippen molar-refractivity contribution in [3.63, 3.8) is 0 Å². The van der Waals surface area contributed by atoms with Crippen molar-refractivity contribution in [3.05, 3.63) is 27.1 Å². The van der Waals surface area contributed by atoms with Gasteiger partial charge in [0.2, 0.25) is 4.96 Å². The van der Waals surface area contributed by atoms with Crippen molar-refractivity contribution < 1.29 is 0 Å². The summed E-state index contributed by atoms with van der Waals surface area (Å²) in [5.41, 5.74) is 0.758. The molecule has 0 aliphatic carbocycles. The van der Waals surface area contributed by atoms with Gasteiger partial charge in [-0.1, -0.05) is 18.3 Å². The largest absolute Gasteiger partial charge is 0.314 e. The molecule has 2 atom stereocenters. The van der Waals surface area contributed by atoms with E-state index in [2.05, 4.69) is 34.1 Å². The lowest BCUT2D eigenvalue weighted by Gasteiger charge is -2.39. The molecule has 2 aromatic rings. The first kappa shape index (κ1) is 14.6. The minimum Gasteiger partial charge on any atom is -0.314 e. The third-order valence-electron chi connectivity index (χ3n) is 4.00. The molecule has 0 bridgehead atoms. The maximum atomic E-state index is 12.2. The Morgan fingerprint density at radius 2 is 2.10 bits per heavy atom. The molecule has 114 valence electrons. The number of aryl methyl sites for hydroxylation is 1. The fourth-order valence-corrected chi connectivity index (χ4v) is 3.65. The van der Waals surface area contributed by atoms with E-state index in [9.17, 15) is 4.79 Å². The Labute approximate surface area is 127 Å². The number of nitrogens with zero attached hydrogens (tertiary/aromatic N) is 4. The molecule has 3 heterocycles. The highest BCUT2D eigenvalue weighted by molar-refractivity contribution is 7.16. The van der Waals surface area contributed by atoms with Crippen LogP contribution >= 0.6 is 11.3 Å². The SMILES string of the molecule is CCc1nn2c(=O)cc(CN3C(C)CNCC3C)nc2s1. The molecule has 0 radical (unpaired) electrons. The molecule has 21 heavy (non-hydrogen) atoms. The predicted octanol–water partition coefficient (Wildman–Crippen LogP) is 0.896. The molecule has 1 saturated heterocycles. The Morgan fingerprint density at radius 3 is 2.76 bits per heavy atom. The summed E-state index contributed by atoms with van der Waals surface area (Å²) in [5.74, 6) is 0. The summed E-state index contributed by atoms with van der Waals surface area (Å²) in [4.78, 5) is 19.9. The van der Waals surface area contributed by atoms with Crippen molar-refractivity contribution in [2.24, 2.45) is 0 Å². The van der Waals surface area contributed by atoms with Gasteiger partial charge in [0.25, 0.3) is 5.56 Å². The van der Waals surface area contributed by atoms with Gasteiger partial charge in [-0.05, 0) is 20.3 Å². The average Bonchev–Trinajstić information content (AvgIpc) is 2.87. The first-order chi connectivity index (χ1) is 10.1. The average molecular weight is 307 g/mol. The number of hydrogen-bond acceptors (Lipinski definition) is 6. The second-order valence-corrected chi connectivity index (χ2v) is 6.70. The maximum Gasteiger partial charge on any atom is 0.275 e. The zero-order chi connectivity index (χ0) is 15.0. The molecule has 0 spiro atoms. The van der Waals surface area contributed by atoms with Gasteiger partial charge in [0.1, 0.15) is 5.01 Å². The van der Waals surface area contributed by atoms with E-state index >= 15 is 0 Å². The first-order valence-corrected chi connectivity index (χ1v) is 8.25. The Morgan fingerprint density at radius 1 is 1.38 bits per heavy atom. The van der Waals surface area contributed by atoms with Crippen molar-refractivity contribution in [2.45, 2.75) is 45.8 Å². The smallest absolute Gasteiger partial charge is 0.275 e. The summed E-state index contributed by atoms with van der Waals surface area (Å²) in [6.45, 7) is 9.12. The Hall–Kier alpha value is -1.31. The molecule has 2 aromatic heterocycles. The van der Waals surface area contributed by atoms with E-state index in [0.717, 1.165) is 36.8 Å². The summed E-state index contributed by atoms with van der Waals surface area (Å²) in [7, 11) is 0. The van der Waals surface area contributed by atoms with Gasteiger partial charge in [0, 0.05) is 37.8 Å². The lowest BCUT2D eigenvalue weighted by atomic mass is 10.1. The molecule has 1 aliphatic heterocycles. The molecular formula is C14H21N5OS. The van der Waals surface area contributed by atoms with Crippen LogP contribution < -0.4 is 10.9 Å². The van der Waals surface area contributed by atoms with Crippen molar-refractivity contribution in [3.8, 4) is 0 Å². The second kappa shape index (κ2) is 5.82. The van der Waals surface area contributed by atoms with Gasteiger partial charge in [-0.2, -0.15) is 9.61 Å². The van der Waals surface area contributed by atoms with E-state index in [1.165, 1.54) is 15.9 Å². The third kappa shape index (κ3) is 2.86. The van der Waals surface area contributed by atoms with Crippen LogP contribution in [0.25, 0.3) is 4.96 Å². The van der Waals surface area contributed by atoms with Gasteiger partial charge in [-0.3, -0.25) is 9.69 Å². The zero-order valence-corrected chi connectivity index (χ0v) is 13.5. The summed E-state index contributed by atoms with van der Waals surface area (Å²) >= 11 is 1.50. The summed E-state index contributed by atoms with van der Waals surface area (Å²) in [5, 5.41) is 8.65. The van der Waals surface area contributed by atoms with Crippen LogP contribution in [0, 0.1) is 0 Å². The fourth-order valence-electron chi connectivity index (χ4n) is 2.79. The minimum atomic E-state index is -0.0820. The number of piperazine rings is 1. The topological polar surface area (TPSA) is 62.5 Å². The van der Waals surface area contributed by atoms with Crippen molar-refractivity contribution >= 4 is 16.3 Å². The van der Waals surface area contributed by atoms with E-state index in [0.29, 0.717) is 17.0 Å². The van der Waals surface area contributed by atoms with Crippen LogP contribution in [0.1, 0.15) is 31.5 Å². The Balaban J connectivity index is 1.91. The van der Waals surface area contributed by atoms with Crippen molar-refractivity contribution in [1.82, 2.24) is 24.8 Å². The summed E-state index contributed by atoms with van der Waals surface area (Å²) in [6.07, 6.45) is 0.828. The normalized spacial score (nSPS) is 23.8. The Bertz CT molecular complexity index is 684. The van der Waals surface area contributed by atoms with Gasteiger partial charge >= 0.3 is 0 Å². The van der Waals surface area contributed by atoms with Crippen molar-refractivity contribution in [1.29, 1.82) is 0 Å². The minimum absolute atomic E-state index is 0.0820. The van der Waals surface area contributed by atoms with Gasteiger partial charge in [0.05, 0.1) is 5.69 Å². The zero-order valence-electron chi connectivity index (χ0n) is 12.7. The molecule has 0 amide bonds. The third-order valence-corrected chi connectivity index (χ3v) is 5.05. The lowest BCUT2D eigenvalue weighted by molar-refractivity contribution is 0.107. The highest BCUT2D eigenvalue weighted by atomic mass is 32.1. The van der Waals surface area contributed by atoms with Crippen LogP contribution in [-0.4, -0.2) is 44.7 Å². The molecule has 2 unspecified atom stereocenters. The standard InChI is InChI=1S/C14H21N5OS/c1-4-12-17-19-13(20)5-11(16-14(19)21-12)8-18-9(2)6-15-7-10(18)3/h5,9-10,15H,4,6-8H2,1-3H3. The van der Waals surface area contributed by atoms with Crippen LogP contribution in [0.5, 0.6) is 0 Å². The molecule has 3 rings (SSSR count). The highest BCUT2D eigenvalue weighted by Gasteiger charge is 2.25. The monoisotopic (exact) mass is 307 g/mol. The van der Waals surface area contributed by atoms with Crippen LogP contribution in [0.15, 0.2) is 10.9 Å². The molecule has 1 N–H and O–H groups in total. The molecule has 1 aliphatic rings. The number of rotatable bonds is 3. The number of fused-ring (bicyclic) bond motifs is 1. The lowest BCUT2D eigenvalue weighted by Crippen LogP contribution is -2.54.